The maximum Gasteiger partial charge on any atom is 0.282 e. The van der Waals surface area contributed by atoms with Gasteiger partial charge in [0.05, 0.1) is 18.4 Å². The summed E-state index contributed by atoms with van der Waals surface area (Å²) in [7, 11) is 1.54. The topological polar surface area (TPSA) is 51.1 Å². The molecule has 2 bridgehead atoms. The lowest BCUT2D eigenvalue weighted by molar-refractivity contribution is 0.0131. The number of fused-ring (bicyclic) bond motifs is 4. The molecule has 1 amide bonds. The minimum absolute atomic E-state index is 0.0679. The Labute approximate surface area is 242 Å². The van der Waals surface area contributed by atoms with Crippen LogP contribution in [0.4, 0.5) is 5.69 Å². The van der Waals surface area contributed by atoms with Gasteiger partial charge in [0.2, 0.25) is 0 Å². The maximum atomic E-state index is 13.3. The van der Waals surface area contributed by atoms with Crippen LogP contribution in [-0.2, 0) is 27.3 Å². The Morgan fingerprint density at radius 3 is 2.85 bits per heavy atom. The molecule has 5 nitrogen and oxygen atoms in total. The highest BCUT2D eigenvalue weighted by molar-refractivity contribution is 7.86. The molecule has 2 aromatic carbocycles. The van der Waals surface area contributed by atoms with Crippen molar-refractivity contribution < 1.29 is 14.3 Å². The van der Waals surface area contributed by atoms with Crippen LogP contribution in [0.2, 0.25) is 0 Å². The predicted octanol–water partition coefficient (Wildman–Crippen LogP) is 6.68. The second-order valence-electron chi connectivity index (χ2n) is 12.8. The van der Waals surface area contributed by atoms with Gasteiger partial charge < -0.3 is 14.4 Å². The number of hydrogen-bond donors (Lipinski definition) is 0. The lowest BCUT2D eigenvalue weighted by atomic mass is 9.68. The van der Waals surface area contributed by atoms with E-state index in [1.807, 2.05) is 19.2 Å². The number of hydrogen-bond acceptors (Lipinski definition) is 4. The molecule has 6 rings (SSSR count). The molecule has 2 aliphatic heterocycles. The summed E-state index contributed by atoms with van der Waals surface area (Å²) < 4.78 is 17.3. The Bertz CT molecular complexity index is 1340. The standard InChI is InChI=1S/C34H44N2O3S/c1-23-10-14-29-25(17-23)8-6-16-34(29)21-36-19-27-11-13-28(27)31(38-3)9-5-7-24(2)20-40(4)35-33(37)26-12-15-32(39-22-34)30(36)18-26/h5,9-10,12,14-15,17-18,24,27-28,31H,6-8,11,13,16,19-22H2,1-4H3/b9-5+/t24-,27-,28+,31-,34-,40+/m0/s1. The lowest BCUT2D eigenvalue weighted by Gasteiger charge is -2.46. The molecule has 6 heteroatoms. The lowest BCUT2D eigenvalue weighted by Crippen LogP contribution is -2.49. The molecular weight excluding hydrogens is 516 g/mol. The molecule has 214 valence electrons. The molecule has 0 saturated heterocycles. The largest absolute Gasteiger partial charge is 0.490 e. The fourth-order valence-electron chi connectivity index (χ4n) is 7.50. The fraction of sp³-hybridized carbons (Fsp3) is 0.559. The van der Waals surface area contributed by atoms with Crippen LogP contribution >= 0.6 is 0 Å². The smallest absolute Gasteiger partial charge is 0.282 e. The average Bonchev–Trinajstić information content (AvgIpc) is 3.06. The quantitative estimate of drug-likeness (QED) is 0.365. The van der Waals surface area contributed by atoms with Crippen LogP contribution in [0.1, 0.15) is 66.1 Å². The molecule has 1 fully saturated rings. The number of aryl methyl sites for hydroxylation is 2. The Morgan fingerprint density at radius 1 is 1.18 bits per heavy atom. The number of allylic oxidation sites excluding steroid dienone is 1. The minimum atomic E-state index is -0.320. The van der Waals surface area contributed by atoms with Crippen molar-refractivity contribution in [3.8, 4) is 5.75 Å². The van der Waals surface area contributed by atoms with E-state index in [0.717, 1.165) is 49.5 Å². The highest BCUT2D eigenvalue weighted by Gasteiger charge is 2.44. The van der Waals surface area contributed by atoms with Gasteiger partial charge >= 0.3 is 0 Å². The molecule has 0 unspecified atom stereocenters. The van der Waals surface area contributed by atoms with E-state index in [2.05, 4.69) is 65.8 Å². The summed E-state index contributed by atoms with van der Waals surface area (Å²) in [5.41, 5.74) is 5.89. The molecule has 6 atom stereocenters. The molecule has 1 saturated carbocycles. The summed E-state index contributed by atoms with van der Waals surface area (Å²) in [6, 6.07) is 13.0. The first kappa shape index (κ1) is 27.7. The summed E-state index contributed by atoms with van der Waals surface area (Å²) in [6.07, 6.45) is 13.6. The first-order valence-corrected chi connectivity index (χ1v) is 16.8. The zero-order chi connectivity index (χ0) is 27.9. The number of benzene rings is 2. The zero-order valence-electron chi connectivity index (χ0n) is 24.5. The van der Waals surface area contributed by atoms with Gasteiger partial charge in [-0.05, 0) is 98.8 Å². The first-order valence-electron chi connectivity index (χ1n) is 15.1. The Balaban J connectivity index is 1.42. The van der Waals surface area contributed by atoms with E-state index in [0.29, 0.717) is 29.9 Å². The Morgan fingerprint density at radius 2 is 2.05 bits per heavy atom. The van der Waals surface area contributed by atoms with Crippen LogP contribution < -0.4 is 9.64 Å². The fourth-order valence-corrected chi connectivity index (χ4v) is 8.92. The van der Waals surface area contributed by atoms with Crippen molar-refractivity contribution in [1.29, 1.82) is 0 Å². The first-order chi connectivity index (χ1) is 19.3. The number of amides is 1. The van der Waals surface area contributed by atoms with Crippen molar-refractivity contribution in [2.75, 3.05) is 43.7 Å². The molecule has 2 aliphatic carbocycles. The van der Waals surface area contributed by atoms with Crippen LogP contribution in [-0.4, -0.2) is 50.8 Å². The SMILES string of the molecule is CO[C@H]1/C=C/C[C@H](C)C[S@@](C)=NC(=O)c2ccc3c(c2)N(C[C@@H]2CC[C@H]21)C[C@@]1(CCCc2cc(C)ccc21)CO3. The number of carbonyl (C=O) groups is 1. The summed E-state index contributed by atoms with van der Waals surface area (Å²) in [4.78, 5) is 15.9. The highest BCUT2D eigenvalue weighted by atomic mass is 32.2. The number of carbonyl (C=O) groups excluding carboxylic acids is 1. The predicted molar refractivity (Wildman–Crippen MR) is 165 cm³/mol. The van der Waals surface area contributed by atoms with E-state index < -0.39 is 0 Å². The molecule has 2 aromatic rings. The van der Waals surface area contributed by atoms with Gasteiger partial charge in [-0.2, -0.15) is 4.36 Å². The third kappa shape index (κ3) is 5.42. The van der Waals surface area contributed by atoms with Crippen LogP contribution in [0.15, 0.2) is 52.9 Å². The van der Waals surface area contributed by atoms with Gasteiger partial charge in [0.1, 0.15) is 5.75 Å². The molecule has 1 spiro atoms. The van der Waals surface area contributed by atoms with Crippen molar-refractivity contribution in [2.24, 2.45) is 22.1 Å². The molecule has 40 heavy (non-hydrogen) atoms. The molecule has 0 aromatic heterocycles. The van der Waals surface area contributed by atoms with Crippen molar-refractivity contribution in [3.63, 3.8) is 0 Å². The second-order valence-corrected chi connectivity index (χ2v) is 14.5. The third-order valence-electron chi connectivity index (χ3n) is 9.73. The molecule has 0 radical (unpaired) electrons. The van der Waals surface area contributed by atoms with Crippen molar-refractivity contribution in [3.05, 3.63) is 70.8 Å². The summed E-state index contributed by atoms with van der Waals surface area (Å²) >= 11 is 0. The van der Waals surface area contributed by atoms with Gasteiger partial charge in [0, 0.05) is 36.9 Å². The van der Waals surface area contributed by atoms with Crippen molar-refractivity contribution in [1.82, 2.24) is 0 Å². The van der Waals surface area contributed by atoms with Crippen LogP contribution in [0, 0.1) is 24.7 Å². The normalized spacial score (nSPS) is 33.0. The summed E-state index contributed by atoms with van der Waals surface area (Å²) in [5.74, 6) is 3.21. The number of ether oxygens (including phenoxy) is 2. The van der Waals surface area contributed by atoms with Gasteiger partial charge in [-0.3, -0.25) is 4.79 Å². The molecule has 2 heterocycles. The van der Waals surface area contributed by atoms with Crippen LogP contribution in [0.3, 0.4) is 0 Å². The van der Waals surface area contributed by atoms with Crippen LogP contribution in [0.5, 0.6) is 5.75 Å². The number of rotatable bonds is 1. The van der Waals surface area contributed by atoms with Gasteiger partial charge in [0.25, 0.3) is 5.91 Å². The van der Waals surface area contributed by atoms with E-state index in [9.17, 15) is 4.79 Å². The highest BCUT2D eigenvalue weighted by Crippen LogP contribution is 2.46. The van der Waals surface area contributed by atoms with Gasteiger partial charge in [0.15, 0.2) is 0 Å². The van der Waals surface area contributed by atoms with E-state index in [1.165, 1.54) is 36.0 Å². The van der Waals surface area contributed by atoms with Crippen LogP contribution in [0.25, 0.3) is 0 Å². The van der Waals surface area contributed by atoms with E-state index >= 15 is 0 Å². The van der Waals surface area contributed by atoms with E-state index in [1.54, 1.807) is 0 Å². The third-order valence-corrected chi connectivity index (χ3v) is 11.3. The molecule has 4 aliphatic rings. The maximum absolute atomic E-state index is 13.3. The molecular formula is C34H44N2O3S. The number of anilines is 1. The van der Waals surface area contributed by atoms with E-state index in [-0.39, 0.29) is 28.1 Å². The van der Waals surface area contributed by atoms with Gasteiger partial charge in [-0.25, -0.2) is 0 Å². The summed E-state index contributed by atoms with van der Waals surface area (Å²) in [5, 5.41) is 0. The second kappa shape index (κ2) is 11.4. The number of methoxy groups -OCH3 is 1. The zero-order valence-corrected chi connectivity index (χ0v) is 25.3. The Hall–Kier alpha value is -2.44. The Kier molecular flexibility index (Phi) is 7.93. The average molecular weight is 561 g/mol. The van der Waals surface area contributed by atoms with Gasteiger partial charge in [-0.1, -0.05) is 53.5 Å². The monoisotopic (exact) mass is 560 g/mol. The number of nitrogens with zero attached hydrogens (tertiary/aromatic N) is 2. The van der Waals surface area contributed by atoms with Crippen molar-refractivity contribution >= 4 is 22.3 Å². The summed E-state index contributed by atoms with van der Waals surface area (Å²) in [6.45, 7) is 6.95. The van der Waals surface area contributed by atoms with Crippen molar-refractivity contribution in [2.45, 2.75) is 63.9 Å². The van der Waals surface area contributed by atoms with E-state index in [4.69, 9.17) is 9.47 Å². The van der Waals surface area contributed by atoms with Gasteiger partial charge in [-0.15, -0.1) is 0 Å². The minimum Gasteiger partial charge on any atom is -0.490 e. The molecule has 0 N–H and O–H groups in total.